The lowest BCUT2D eigenvalue weighted by molar-refractivity contribution is 0.103. The second-order valence-corrected chi connectivity index (χ2v) is 5.98. The first-order valence-electron chi connectivity index (χ1n) is 8.02. The third kappa shape index (κ3) is 3.15. The number of nitrogens with zero attached hydrogens (tertiary/aromatic N) is 2. The van der Waals surface area contributed by atoms with Crippen LogP contribution in [-0.2, 0) is 6.54 Å². The highest BCUT2D eigenvalue weighted by Gasteiger charge is 2.11. The normalized spacial score (nSPS) is 10.9. The van der Waals surface area contributed by atoms with E-state index >= 15 is 0 Å². The Morgan fingerprint density at radius 3 is 2.64 bits per heavy atom. The zero-order valence-electron chi connectivity index (χ0n) is 13.5. The molecule has 1 N–H and O–H groups in total. The largest absolute Gasteiger partial charge is 0.508 e. The number of hydrogen-bond donors (Lipinski definition) is 1. The molecule has 0 atom stereocenters. The Kier molecular flexibility index (Phi) is 3.78. The maximum atomic E-state index is 12.5. The van der Waals surface area contributed by atoms with Crippen molar-refractivity contribution in [1.82, 2.24) is 9.55 Å². The molecule has 4 nitrogen and oxygen atoms in total. The molecule has 4 heteroatoms. The molecule has 0 amide bonds. The van der Waals surface area contributed by atoms with Gasteiger partial charge in [0.25, 0.3) is 0 Å². The Hall–Kier alpha value is -3.40. The molecule has 0 aliphatic heterocycles. The van der Waals surface area contributed by atoms with E-state index in [1.54, 1.807) is 12.1 Å². The van der Waals surface area contributed by atoms with Gasteiger partial charge in [0, 0.05) is 41.6 Å². The van der Waals surface area contributed by atoms with Crippen molar-refractivity contribution in [2.45, 2.75) is 6.54 Å². The standard InChI is InChI=1S/C21H16N2O2/c24-19-7-5-16(6-8-19)21(25)18-9-10-23(14-18)13-15-11-17-3-1-2-4-20(17)22-12-15/h1-12,14,24H,13H2. The predicted molar refractivity (Wildman–Crippen MR) is 96.8 cm³/mol. The molecular formula is C21H16N2O2. The summed E-state index contributed by atoms with van der Waals surface area (Å²) in [7, 11) is 0. The Bertz CT molecular complexity index is 1050. The molecule has 0 saturated heterocycles. The van der Waals surface area contributed by atoms with Crippen LogP contribution in [0.25, 0.3) is 10.9 Å². The maximum absolute atomic E-state index is 12.5. The second-order valence-electron chi connectivity index (χ2n) is 5.98. The minimum atomic E-state index is -0.0598. The van der Waals surface area contributed by atoms with Crippen molar-refractivity contribution in [3.63, 3.8) is 0 Å². The molecule has 2 heterocycles. The zero-order chi connectivity index (χ0) is 17.2. The highest BCUT2D eigenvalue weighted by Crippen LogP contribution is 2.17. The van der Waals surface area contributed by atoms with E-state index in [-0.39, 0.29) is 11.5 Å². The molecule has 2 aromatic carbocycles. The van der Waals surface area contributed by atoms with Crippen LogP contribution in [0.15, 0.2) is 79.3 Å². The Balaban J connectivity index is 1.56. The number of ketones is 1. The molecule has 0 spiro atoms. The number of carbonyl (C=O) groups excluding carboxylic acids is 1. The van der Waals surface area contributed by atoms with Crippen LogP contribution in [0.2, 0.25) is 0 Å². The predicted octanol–water partition coefficient (Wildman–Crippen LogP) is 4.02. The maximum Gasteiger partial charge on any atom is 0.194 e. The number of rotatable bonds is 4. The molecule has 0 bridgehead atoms. The Labute approximate surface area is 145 Å². The number of para-hydroxylation sites is 1. The number of pyridine rings is 1. The van der Waals surface area contributed by atoms with Crippen LogP contribution in [0.4, 0.5) is 0 Å². The second kappa shape index (κ2) is 6.24. The quantitative estimate of drug-likeness (QED) is 0.576. The van der Waals surface area contributed by atoms with Crippen LogP contribution in [0.3, 0.4) is 0 Å². The summed E-state index contributed by atoms with van der Waals surface area (Å²) in [5, 5.41) is 10.4. The van der Waals surface area contributed by atoms with Crippen LogP contribution < -0.4 is 0 Å². The number of phenolic OH excluding ortho intramolecular Hbond substituents is 1. The van der Waals surface area contributed by atoms with E-state index in [1.807, 2.05) is 53.5 Å². The number of hydrogen-bond acceptors (Lipinski definition) is 3. The van der Waals surface area contributed by atoms with Gasteiger partial charge in [-0.05, 0) is 48.0 Å². The van der Waals surface area contributed by atoms with Gasteiger partial charge < -0.3 is 9.67 Å². The van der Waals surface area contributed by atoms with E-state index in [4.69, 9.17) is 0 Å². The lowest BCUT2D eigenvalue weighted by atomic mass is 10.1. The topological polar surface area (TPSA) is 55.1 Å². The van der Waals surface area contributed by atoms with E-state index < -0.39 is 0 Å². The molecule has 0 aliphatic carbocycles. The molecule has 4 rings (SSSR count). The van der Waals surface area contributed by atoms with Crippen LogP contribution in [-0.4, -0.2) is 20.4 Å². The van der Waals surface area contributed by atoms with E-state index in [0.29, 0.717) is 17.7 Å². The first-order valence-corrected chi connectivity index (χ1v) is 8.02. The van der Waals surface area contributed by atoms with Crippen LogP contribution in [0, 0.1) is 0 Å². The lowest BCUT2D eigenvalue weighted by Gasteiger charge is -2.05. The van der Waals surface area contributed by atoms with Crippen molar-refractivity contribution in [2.75, 3.05) is 0 Å². The van der Waals surface area contributed by atoms with Gasteiger partial charge in [-0.1, -0.05) is 18.2 Å². The first kappa shape index (κ1) is 15.1. The van der Waals surface area contributed by atoms with Gasteiger partial charge >= 0.3 is 0 Å². The van der Waals surface area contributed by atoms with Gasteiger partial charge in [0.2, 0.25) is 0 Å². The summed E-state index contributed by atoms with van der Waals surface area (Å²) in [5.74, 6) is 0.0910. The molecule has 2 aromatic heterocycles. The van der Waals surface area contributed by atoms with E-state index in [9.17, 15) is 9.90 Å². The molecule has 122 valence electrons. The first-order chi connectivity index (χ1) is 12.2. The molecule has 25 heavy (non-hydrogen) atoms. The lowest BCUT2D eigenvalue weighted by Crippen LogP contribution is -2.01. The van der Waals surface area contributed by atoms with Gasteiger partial charge in [0.1, 0.15) is 5.75 Å². The molecule has 0 radical (unpaired) electrons. The Morgan fingerprint density at radius 2 is 1.80 bits per heavy atom. The number of aromatic hydroxyl groups is 1. The van der Waals surface area contributed by atoms with Gasteiger partial charge in [-0.25, -0.2) is 0 Å². The highest BCUT2D eigenvalue weighted by atomic mass is 16.3. The smallest absolute Gasteiger partial charge is 0.194 e. The summed E-state index contributed by atoms with van der Waals surface area (Å²) in [5.41, 5.74) is 3.24. The summed E-state index contributed by atoms with van der Waals surface area (Å²) in [6.07, 6.45) is 5.59. The summed E-state index contributed by atoms with van der Waals surface area (Å²) in [6, 6.07) is 18.2. The van der Waals surface area contributed by atoms with Crippen molar-refractivity contribution in [3.05, 3.63) is 95.9 Å². The van der Waals surface area contributed by atoms with E-state index in [1.165, 1.54) is 12.1 Å². The van der Waals surface area contributed by atoms with Gasteiger partial charge in [-0.3, -0.25) is 9.78 Å². The van der Waals surface area contributed by atoms with Gasteiger partial charge in [0.05, 0.1) is 5.52 Å². The minimum Gasteiger partial charge on any atom is -0.508 e. The SMILES string of the molecule is O=C(c1ccc(O)cc1)c1ccn(Cc2cnc3ccccc3c2)c1. The van der Waals surface area contributed by atoms with Crippen molar-refractivity contribution < 1.29 is 9.90 Å². The van der Waals surface area contributed by atoms with Crippen molar-refractivity contribution in [3.8, 4) is 5.75 Å². The van der Waals surface area contributed by atoms with E-state index in [2.05, 4.69) is 11.1 Å². The van der Waals surface area contributed by atoms with Gasteiger partial charge in [-0.2, -0.15) is 0 Å². The van der Waals surface area contributed by atoms with E-state index in [0.717, 1.165) is 16.5 Å². The van der Waals surface area contributed by atoms with Gasteiger partial charge in [-0.15, -0.1) is 0 Å². The third-order valence-corrected chi connectivity index (χ3v) is 4.15. The summed E-state index contributed by atoms with van der Waals surface area (Å²) >= 11 is 0. The van der Waals surface area contributed by atoms with Crippen molar-refractivity contribution in [1.29, 1.82) is 0 Å². The summed E-state index contributed by atoms with van der Waals surface area (Å²) in [6.45, 7) is 0.653. The average molecular weight is 328 g/mol. The molecular weight excluding hydrogens is 312 g/mol. The summed E-state index contributed by atoms with van der Waals surface area (Å²) < 4.78 is 1.97. The molecule has 0 unspecified atom stereocenters. The highest BCUT2D eigenvalue weighted by molar-refractivity contribution is 6.08. The molecule has 0 saturated carbocycles. The molecule has 0 aliphatic rings. The van der Waals surface area contributed by atoms with Gasteiger partial charge in [0.15, 0.2) is 5.78 Å². The summed E-state index contributed by atoms with van der Waals surface area (Å²) in [4.78, 5) is 17.0. The number of carbonyl (C=O) groups is 1. The fourth-order valence-electron chi connectivity index (χ4n) is 2.87. The van der Waals surface area contributed by atoms with Crippen molar-refractivity contribution >= 4 is 16.7 Å². The fourth-order valence-corrected chi connectivity index (χ4v) is 2.87. The molecule has 0 fully saturated rings. The van der Waals surface area contributed by atoms with Crippen LogP contribution >= 0.6 is 0 Å². The molecule has 4 aromatic rings. The minimum absolute atomic E-state index is 0.0598. The number of fused-ring (bicyclic) bond motifs is 1. The zero-order valence-corrected chi connectivity index (χ0v) is 13.5. The van der Waals surface area contributed by atoms with Crippen LogP contribution in [0.1, 0.15) is 21.5 Å². The number of aromatic nitrogens is 2. The average Bonchev–Trinajstić information content (AvgIpc) is 3.10. The number of benzene rings is 2. The number of phenols is 1. The van der Waals surface area contributed by atoms with Crippen LogP contribution in [0.5, 0.6) is 5.75 Å². The monoisotopic (exact) mass is 328 g/mol. The Morgan fingerprint density at radius 1 is 1.00 bits per heavy atom. The van der Waals surface area contributed by atoms with Crippen molar-refractivity contribution in [2.24, 2.45) is 0 Å². The third-order valence-electron chi connectivity index (χ3n) is 4.15. The fraction of sp³-hybridized carbons (Fsp3) is 0.0476.